The molecule has 1 heterocycles. The van der Waals surface area contributed by atoms with E-state index >= 15 is 0 Å². The lowest BCUT2D eigenvalue weighted by Crippen LogP contribution is -2.22. The maximum absolute atomic E-state index is 11.5. The van der Waals surface area contributed by atoms with Crippen molar-refractivity contribution in [2.24, 2.45) is 0 Å². The van der Waals surface area contributed by atoms with E-state index in [1.54, 1.807) is 18.6 Å². The summed E-state index contributed by atoms with van der Waals surface area (Å²) in [6, 6.07) is 0. The van der Waals surface area contributed by atoms with Gasteiger partial charge in [-0.05, 0) is 13.8 Å². The fraction of sp³-hybridized carbons (Fsp3) is 0.556. The smallest absolute Gasteiger partial charge is 0.166 e. The van der Waals surface area contributed by atoms with Gasteiger partial charge in [0.1, 0.15) is 6.10 Å². The summed E-state index contributed by atoms with van der Waals surface area (Å²) in [5.74, 6) is 0.117. The van der Waals surface area contributed by atoms with Gasteiger partial charge in [0.05, 0.1) is 5.51 Å². The summed E-state index contributed by atoms with van der Waals surface area (Å²) >= 11 is 1.50. The van der Waals surface area contributed by atoms with Gasteiger partial charge < -0.3 is 4.74 Å². The summed E-state index contributed by atoms with van der Waals surface area (Å²) in [7, 11) is 0. The predicted octanol–water partition coefficient (Wildman–Crippen LogP) is 1.68. The van der Waals surface area contributed by atoms with Gasteiger partial charge in [-0.2, -0.15) is 0 Å². The predicted molar refractivity (Wildman–Crippen MR) is 51.9 cm³/mol. The Balaban J connectivity index is 2.41. The van der Waals surface area contributed by atoms with Crippen LogP contribution in [0.3, 0.4) is 0 Å². The third-order valence-corrected chi connectivity index (χ3v) is 2.48. The number of hydrogen-bond donors (Lipinski definition) is 0. The van der Waals surface area contributed by atoms with Crippen molar-refractivity contribution in [3.63, 3.8) is 0 Å². The maximum Gasteiger partial charge on any atom is 0.166 e. The number of carbonyl (C=O) groups is 1. The summed E-state index contributed by atoms with van der Waals surface area (Å²) in [4.78, 5) is 16.4. The molecule has 0 aromatic carbocycles. The van der Waals surface area contributed by atoms with Crippen LogP contribution < -0.4 is 0 Å². The minimum Gasteiger partial charge on any atom is -0.371 e. The Labute approximate surface area is 81.8 Å². The fourth-order valence-corrected chi connectivity index (χ4v) is 1.59. The van der Waals surface area contributed by atoms with Crippen LogP contribution in [0.4, 0.5) is 0 Å². The molecule has 0 aliphatic rings. The van der Waals surface area contributed by atoms with Gasteiger partial charge in [0.25, 0.3) is 0 Å². The summed E-state index contributed by atoms with van der Waals surface area (Å²) in [5.41, 5.74) is 1.73. The van der Waals surface area contributed by atoms with Crippen LogP contribution in [-0.2, 0) is 16.0 Å². The lowest BCUT2D eigenvalue weighted by Gasteiger charge is -2.08. The Morgan fingerprint density at radius 3 is 3.08 bits per heavy atom. The van der Waals surface area contributed by atoms with Gasteiger partial charge in [0.15, 0.2) is 5.78 Å². The third kappa shape index (κ3) is 3.24. The molecule has 0 fully saturated rings. The SMILES string of the molecule is CCOC(C)C(=O)Cc1cncs1. The van der Waals surface area contributed by atoms with Crippen LogP contribution in [0.15, 0.2) is 11.7 Å². The van der Waals surface area contributed by atoms with Gasteiger partial charge in [0, 0.05) is 24.1 Å². The summed E-state index contributed by atoms with van der Waals surface area (Å²) in [6.07, 6.45) is 1.86. The fourth-order valence-electron chi connectivity index (χ4n) is 0.988. The van der Waals surface area contributed by atoms with Crippen molar-refractivity contribution in [2.45, 2.75) is 26.4 Å². The van der Waals surface area contributed by atoms with Crippen LogP contribution in [0, 0.1) is 0 Å². The second-order valence-corrected chi connectivity index (χ2v) is 3.68. The molecule has 13 heavy (non-hydrogen) atoms. The summed E-state index contributed by atoms with van der Waals surface area (Å²) in [5, 5.41) is 0. The van der Waals surface area contributed by atoms with Gasteiger partial charge in [-0.25, -0.2) is 0 Å². The van der Waals surface area contributed by atoms with Crippen LogP contribution in [0.2, 0.25) is 0 Å². The highest BCUT2D eigenvalue weighted by molar-refractivity contribution is 7.09. The van der Waals surface area contributed by atoms with Crippen molar-refractivity contribution in [3.8, 4) is 0 Å². The Morgan fingerprint density at radius 2 is 2.54 bits per heavy atom. The molecule has 0 spiro atoms. The van der Waals surface area contributed by atoms with Crippen molar-refractivity contribution < 1.29 is 9.53 Å². The largest absolute Gasteiger partial charge is 0.371 e. The molecule has 0 N–H and O–H groups in total. The van der Waals surface area contributed by atoms with Crippen molar-refractivity contribution in [2.75, 3.05) is 6.61 Å². The molecule has 1 rings (SSSR count). The number of ether oxygens (including phenoxy) is 1. The molecule has 0 amide bonds. The van der Waals surface area contributed by atoms with Crippen LogP contribution in [0.25, 0.3) is 0 Å². The molecule has 0 aliphatic heterocycles. The van der Waals surface area contributed by atoms with E-state index in [0.717, 1.165) is 4.88 Å². The second-order valence-electron chi connectivity index (χ2n) is 2.71. The molecule has 1 unspecified atom stereocenters. The highest BCUT2D eigenvalue weighted by Crippen LogP contribution is 2.08. The highest BCUT2D eigenvalue weighted by Gasteiger charge is 2.13. The van der Waals surface area contributed by atoms with Gasteiger partial charge >= 0.3 is 0 Å². The third-order valence-electron chi connectivity index (χ3n) is 1.70. The molecule has 0 saturated carbocycles. The van der Waals surface area contributed by atoms with Crippen molar-refractivity contribution in [3.05, 3.63) is 16.6 Å². The van der Waals surface area contributed by atoms with E-state index < -0.39 is 0 Å². The molecule has 1 aromatic rings. The first-order valence-electron chi connectivity index (χ1n) is 4.25. The number of rotatable bonds is 5. The Morgan fingerprint density at radius 1 is 1.77 bits per heavy atom. The van der Waals surface area contributed by atoms with E-state index in [2.05, 4.69) is 4.98 Å². The number of thiazole rings is 1. The average molecular weight is 199 g/mol. The Hall–Kier alpha value is -0.740. The van der Waals surface area contributed by atoms with E-state index in [4.69, 9.17) is 4.74 Å². The lowest BCUT2D eigenvalue weighted by atomic mass is 10.2. The molecule has 1 aromatic heterocycles. The van der Waals surface area contributed by atoms with Crippen LogP contribution in [0.5, 0.6) is 0 Å². The van der Waals surface area contributed by atoms with Gasteiger partial charge in [0.2, 0.25) is 0 Å². The standard InChI is InChI=1S/C9H13NO2S/c1-3-12-7(2)9(11)4-8-5-10-6-13-8/h5-7H,3-4H2,1-2H3. The monoisotopic (exact) mass is 199 g/mol. The van der Waals surface area contributed by atoms with Crippen molar-refractivity contribution >= 4 is 17.1 Å². The topological polar surface area (TPSA) is 39.2 Å². The molecule has 0 bridgehead atoms. The average Bonchev–Trinajstić information content (AvgIpc) is 2.57. The summed E-state index contributed by atoms with van der Waals surface area (Å²) in [6.45, 7) is 4.25. The van der Waals surface area contributed by atoms with Crippen LogP contribution in [-0.4, -0.2) is 23.5 Å². The Bertz CT molecular complexity index is 259. The number of ketones is 1. The molecule has 4 heteroatoms. The van der Waals surface area contributed by atoms with E-state index in [9.17, 15) is 4.79 Å². The van der Waals surface area contributed by atoms with Crippen LogP contribution in [0.1, 0.15) is 18.7 Å². The number of aromatic nitrogens is 1. The molecule has 0 aliphatic carbocycles. The summed E-state index contributed by atoms with van der Waals surface area (Å²) < 4.78 is 5.19. The zero-order chi connectivity index (χ0) is 9.68. The minimum absolute atomic E-state index is 0.117. The maximum atomic E-state index is 11.5. The van der Waals surface area contributed by atoms with E-state index in [1.165, 1.54) is 11.3 Å². The number of nitrogens with zero attached hydrogens (tertiary/aromatic N) is 1. The molecule has 72 valence electrons. The van der Waals surface area contributed by atoms with Gasteiger partial charge in [-0.3, -0.25) is 9.78 Å². The van der Waals surface area contributed by atoms with Crippen molar-refractivity contribution in [1.82, 2.24) is 4.98 Å². The van der Waals surface area contributed by atoms with E-state index in [1.807, 2.05) is 6.92 Å². The van der Waals surface area contributed by atoms with Crippen molar-refractivity contribution in [1.29, 1.82) is 0 Å². The molecule has 3 nitrogen and oxygen atoms in total. The Kier molecular flexibility index (Phi) is 4.05. The minimum atomic E-state index is -0.299. The second kappa shape index (κ2) is 5.09. The number of carbonyl (C=O) groups excluding carboxylic acids is 1. The molecule has 0 radical (unpaired) electrons. The highest BCUT2D eigenvalue weighted by atomic mass is 32.1. The zero-order valence-electron chi connectivity index (χ0n) is 7.82. The van der Waals surface area contributed by atoms with Gasteiger partial charge in [-0.1, -0.05) is 0 Å². The molecule has 0 saturated heterocycles. The van der Waals surface area contributed by atoms with E-state index in [0.29, 0.717) is 13.0 Å². The molecule has 1 atom stereocenters. The quantitative estimate of drug-likeness (QED) is 0.724. The lowest BCUT2D eigenvalue weighted by molar-refractivity contribution is -0.128. The first-order valence-corrected chi connectivity index (χ1v) is 5.13. The number of Topliss-reactive ketones (excluding diaryl/α,β-unsaturated/α-hetero) is 1. The molecular formula is C9H13NO2S. The first-order chi connectivity index (χ1) is 6.24. The first kappa shape index (κ1) is 10.3. The van der Waals surface area contributed by atoms with Gasteiger partial charge in [-0.15, -0.1) is 11.3 Å². The van der Waals surface area contributed by atoms with Crippen LogP contribution >= 0.6 is 11.3 Å². The molecular weight excluding hydrogens is 186 g/mol. The number of hydrogen-bond acceptors (Lipinski definition) is 4. The van der Waals surface area contributed by atoms with E-state index in [-0.39, 0.29) is 11.9 Å². The normalized spacial score (nSPS) is 12.8. The zero-order valence-corrected chi connectivity index (χ0v) is 8.63.